The molecule has 0 spiro atoms. The highest BCUT2D eigenvalue weighted by molar-refractivity contribution is 7.28. The Kier molecular flexibility index (Phi) is 8.50. The lowest BCUT2D eigenvalue weighted by molar-refractivity contribution is 1.02. The van der Waals surface area contributed by atoms with Gasteiger partial charge in [-0.2, -0.15) is 9.97 Å². The fourth-order valence-electron chi connectivity index (χ4n) is 9.28. The molecule has 13 rings (SSSR count). The Bertz CT molecular complexity index is 3690. The Balaban J connectivity index is 0.921. The van der Waals surface area contributed by atoms with Crippen molar-refractivity contribution in [2.24, 2.45) is 0 Å². The average Bonchev–Trinajstić information content (AvgIpc) is 4.05. The molecule has 0 bridgehead atoms. The molecule has 4 aromatic heterocycles. The third-order valence-electron chi connectivity index (χ3n) is 12.3. The third-order valence-corrected chi connectivity index (χ3v) is 14.7. The van der Waals surface area contributed by atoms with E-state index in [-0.39, 0.29) is 0 Å². The van der Waals surface area contributed by atoms with Crippen LogP contribution in [0.4, 0.5) is 17.3 Å². The van der Waals surface area contributed by atoms with E-state index in [2.05, 4.69) is 143 Å². The van der Waals surface area contributed by atoms with E-state index < -0.39 is 0 Å². The van der Waals surface area contributed by atoms with Gasteiger partial charge < -0.3 is 4.57 Å². The van der Waals surface area contributed by atoms with E-state index in [0.717, 1.165) is 39.3 Å². The van der Waals surface area contributed by atoms with Crippen LogP contribution in [0.2, 0.25) is 0 Å². The largest absolute Gasteiger partial charge is 0.309 e. The minimum absolute atomic E-state index is 0.544. The van der Waals surface area contributed by atoms with Gasteiger partial charge in [0.25, 0.3) is 0 Å². The molecule has 0 radical (unpaired) electrons. The van der Waals surface area contributed by atoms with Crippen molar-refractivity contribution in [3.05, 3.63) is 212 Å². The Morgan fingerprint density at radius 2 is 0.781 bits per heavy atom. The van der Waals surface area contributed by atoms with Gasteiger partial charge in [-0.3, -0.25) is 4.90 Å². The molecule has 0 unspecified atom stereocenters. The lowest BCUT2D eigenvalue weighted by atomic mass is 10.0. The molecule has 0 aliphatic carbocycles. The minimum Gasteiger partial charge on any atom is -0.309 e. The summed E-state index contributed by atoms with van der Waals surface area (Å²) in [4.78, 5) is 17.3. The first-order valence-corrected chi connectivity index (χ1v) is 23.0. The van der Waals surface area contributed by atoms with E-state index in [1.807, 2.05) is 102 Å². The number of fused-ring (bicyclic) bond motifs is 11. The van der Waals surface area contributed by atoms with E-state index >= 15 is 0 Å². The van der Waals surface area contributed by atoms with Crippen molar-refractivity contribution in [2.45, 2.75) is 0 Å². The first-order valence-electron chi connectivity index (χ1n) is 21.4. The van der Waals surface area contributed by atoms with Crippen LogP contribution in [-0.4, -0.2) is 19.5 Å². The Morgan fingerprint density at radius 1 is 0.344 bits per heavy atom. The maximum Gasteiger partial charge on any atom is 0.238 e. The Hall–Kier alpha value is -7.97. The number of benzene rings is 9. The summed E-state index contributed by atoms with van der Waals surface area (Å²) in [7, 11) is 0. The van der Waals surface area contributed by atoms with Gasteiger partial charge in [0.1, 0.15) is 0 Å². The summed E-state index contributed by atoms with van der Waals surface area (Å²) in [6, 6.07) is 75.2. The molecule has 0 aliphatic rings. The number of para-hydroxylation sites is 1. The van der Waals surface area contributed by atoms with Gasteiger partial charge in [0.15, 0.2) is 11.6 Å². The predicted octanol–water partition coefficient (Wildman–Crippen LogP) is 16.2. The van der Waals surface area contributed by atoms with Gasteiger partial charge in [-0.15, -0.1) is 22.7 Å². The van der Waals surface area contributed by atoms with Gasteiger partial charge in [-0.25, -0.2) is 4.98 Å². The molecule has 300 valence electrons. The molecule has 5 nitrogen and oxygen atoms in total. The van der Waals surface area contributed by atoms with Gasteiger partial charge in [-0.1, -0.05) is 152 Å². The normalized spacial score (nSPS) is 11.8. The molecular formula is C57H35N5S2. The molecule has 0 amide bonds. The highest BCUT2D eigenvalue weighted by Gasteiger charge is 2.22. The van der Waals surface area contributed by atoms with Crippen LogP contribution in [0.15, 0.2) is 212 Å². The lowest BCUT2D eigenvalue weighted by Gasteiger charge is -2.24. The molecule has 0 saturated heterocycles. The number of rotatable bonds is 7. The zero-order chi connectivity index (χ0) is 42.1. The van der Waals surface area contributed by atoms with Gasteiger partial charge in [0.2, 0.25) is 5.95 Å². The van der Waals surface area contributed by atoms with Crippen LogP contribution in [0.1, 0.15) is 0 Å². The second-order valence-corrected chi connectivity index (χ2v) is 18.1. The molecule has 7 heteroatoms. The van der Waals surface area contributed by atoms with Crippen molar-refractivity contribution in [1.82, 2.24) is 19.5 Å². The molecule has 4 heterocycles. The maximum absolute atomic E-state index is 5.10. The SMILES string of the molecule is c1ccc(-c2nc(-c3ccccc3)nc(N(c3ccccc3)c3ccc(-c4ccc(-n5c6ccc7c8ccccc8sc7c6c6c7sc8ccccc8c7ccc65)cc4)cc3)n2)cc1. The minimum atomic E-state index is 0.544. The highest BCUT2D eigenvalue weighted by atomic mass is 32.1. The summed E-state index contributed by atoms with van der Waals surface area (Å²) < 4.78 is 7.79. The number of hydrogen-bond donors (Lipinski definition) is 0. The van der Waals surface area contributed by atoms with Crippen LogP contribution in [0.5, 0.6) is 0 Å². The van der Waals surface area contributed by atoms with Gasteiger partial charge in [0, 0.05) is 79.3 Å². The zero-order valence-electron chi connectivity index (χ0n) is 34.3. The van der Waals surface area contributed by atoms with Crippen molar-refractivity contribution in [2.75, 3.05) is 4.90 Å². The number of anilines is 3. The molecule has 0 atom stereocenters. The smallest absolute Gasteiger partial charge is 0.238 e. The fourth-order valence-corrected chi connectivity index (χ4v) is 11.8. The predicted molar refractivity (Wildman–Crippen MR) is 271 cm³/mol. The van der Waals surface area contributed by atoms with E-state index in [0.29, 0.717) is 17.6 Å². The molecule has 0 aliphatic heterocycles. The number of nitrogens with zero attached hydrogens (tertiary/aromatic N) is 5. The summed E-state index contributed by atoms with van der Waals surface area (Å²) >= 11 is 3.81. The highest BCUT2D eigenvalue weighted by Crippen LogP contribution is 2.48. The average molecular weight is 854 g/mol. The Labute approximate surface area is 376 Å². The number of thiophene rings is 2. The van der Waals surface area contributed by atoms with Crippen LogP contribution in [0.3, 0.4) is 0 Å². The molecule has 13 aromatic rings. The van der Waals surface area contributed by atoms with Crippen LogP contribution in [0.25, 0.3) is 102 Å². The second-order valence-electron chi connectivity index (χ2n) is 16.0. The van der Waals surface area contributed by atoms with E-state index in [1.165, 1.54) is 62.2 Å². The molecule has 64 heavy (non-hydrogen) atoms. The molecule has 9 aromatic carbocycles. The monoisotopic (exact) mass is 853 g/mol. The molecule has 0 N–H and O–H groups in total. The lowest BCUT2D eigenvalue weighted by Crippen LogP contribution is -2.15. The summed E-state index contributed by atoms with van der Waals surface area (Å²) in [5, 5.41) is 7.94. The Morgan fingerprint density at radius 3 is 1.30 bits per heavy atom. The van der Waals surface area contributed by atoms with Crippen molar-refractivity contribution in [1.29, 1.82) is 0 Å². The van der Waals surface area contributed by atoms with Crippen LogP contribution >= 0.6 is 22.7 Å². The van der Waals surface area contributed by atoms with Gasteiger partial charge >= 0.3 is 0 Å². The summed E-state index contributed by atoms with van der Waals surface area (Å²) in [5.74, 6) is 1.78. The van der Waals surface area contributed by atoms with Gasteiger partial charge in [-0.05, 0) is 71.8 Å². The van der Waals surface area contributed by atoms with Crippen LogP contribution in [0, 0.1) is 0 Å². The molecular weight excluding hydrogens is 819 g/mol. The number of aromatic nitrogens is 4. The summed E-state index contributed by atoms with van der Waals surface area (Å²) in [6.07, 6.45) is 0. The van der Waals surface area contributed by atoms with Crippen LogP contribution < -0.4 is 4.90 Å². The quantitative estimate of drug-likeness (QED) is 0.160. The number of hydrogen-bond acceptors (Lipinski definition) is 6. The standard InChI is InChI=1S/C57H35N5S2/c1-4-14-38(15-5-1)55-58-56(39-16-6-2-7-17-39)60-57(59-55)61(40-18-8-3-9-19-40)41-28-24-36(25-29-41)37-26-30-42(31-27-37)62-47-34-32-45-43-20-10-12-22-49(43)63-53(45)51(47)52-48(62)35-33-46-44-21-11-13-23-50(44)64-54(46)52/h1-35H. The zero-order valence-corrected chi connectivity index (χ0v) is 35.9. The molecule has 0 fully saturated rings. The van der Waals surface area contributed by atoms with Crippen molar-refractivity contribution < 1.29 is 0 Å². The van der Waals surface area contributed by atoms with Gasteiger partial charge in [0.05, 0.1) is 11.0 Å². The topological polar surface area (TPSA) is 46.8 Å². The maximum atomic E-state index is 5.10. The second kappa shape index (κ2) is 14.8. The van der Waals surface area contributed by atoms with Crippen LogP contribution in [-0.2, 0) is 0 Å². The summed E-state index contributed by atoms with van der Waals surface area (Å²) in [6.45, 7) is 0. The van der Waals surface area contributed by atoms with Crippen molar-refractivity contribution >= 4 is 102 Å². The van der Waals surface area contributed by atoms with E-state index in [9.17, 15) is 0 Å². The molecule has 0 saturated carbocycles. The summed E-state index contributed by atoms with van der Waals surface area (Å²) in [5.41, 5.74) is 9.60. The first kappa shape index (κ1) is 36.7. The van der Waals surface area contributed by atoms with E-state index in [1.54, 1.807) is 0 Å². The fraction of sp³-hybridized carbons (Fsp3) is 0. The van der Waals surface area contributed by atoms with E-state index in [4.69, 9.17) is 15.0 Å². The third kappa shape index (κ3) is 5.93. The van der Waals surface area contributed by atoms with Crippen molar-refractivity contribution in [3.8, 4) is 39.6 Å². The van der Waals surface area contributed by atoms with Crippen molar-refractivity contribution in [3.63, 3.8) is 0 Å². The first-order chi connectivity index (χ1) is 31.7.